The van der Waals surface area contributed by atoms with E-state index in [1.807, 2.05) is 11.8 Å². The van der Waals surface area contributed by atoms with Gasteiger partial charge in [-0.1, -0.05) is 24.6 Å². The van der Waals surface area contributed by atoms with Gasteiger partial charge in [0, 0.05) is 13.7 Å². The number of para-hydroxylation sites is 1. The van der Waals surface area contributed by atoms with Gasteiger partial charge >= 0.3 is 5.97 Å². The molecule has 3 heterocycles. The van der Waals surface area contributed by atoms with Crippen LogP contribution in [0.5, 0.6) is 0 Å². The number of aromatic nitrogens is 3. The molecule has 3 aromatic rings. The number of nitrogens with one attached hydrogen (secondary N) is 2. The zero-order valence-corrected chi connectivity index (χ0v) is 17.8. The van der Waals surface area contributed by atoms with Crippen LogP contribution in [-0.4, -0.2) is 64.3 Å². The molecule has 0 aliphatic carbocycles. The maximum atomic E-state index is 12.6. The number of rotatable bonds is 6. The number of amides is 1. The zero-order valence-electron chi connectivity index (χ0n) is 17.0. The van der Waals surface area contributed by atoms with Gasteiger partial charge in [-0.05, 0) is 25.0 Å². The van der Waals surface area contributed by atoms with Gasteiger partial charge in [0.2, 0.25) is 0 Å². The molecule has 0 spiro atoms. The van der Waals surface area contributed by atoms with E-state index in [2.05, 4.69) is 20.3 Å². The largest absolute Gasteiger partial charge is 0.478 e. The smallest absolute Gasteiger partial charge is 0.339 e. The van der Waals surface area contributed by atoms with Gasteiger partial charge in [0.1, 0.15) is 11.1 Å². The lowest BCUT2D eigenvalue weighted by Gasteiger charge is -2.37. The summed E-state index contributed by atoms with van der Waals surface area (Å²) in [5.41, 5.74) is 1.48. The summed E-state index contributed by atoms with van der Waals surface area (Å²) in [5.74, 6) is -1.26. The number of aromatic carboxylic acids is 1. The number of carbonyl (C=O) groups is 2. The number of methoxy groups -OCH3 is 1. The molecular formula is C20H22ClN5O5. The van der Waals surface area contributed by atoms with Crippen LogP contribution in [0.3, 0.4) is 0 Å². The maximum absolute atomic E-state index is 12.6. The van der Waals surface area contributed by atoms with Crippen LogP contribution in [0.2, 0.25) is 5.15 Å². The molecular weight excluding hydrogens is 426 g/mol. The molecule has 3 N–H and O–H groups in total. The van der Waals surface area contributed by atoms with E-state index in [0.29, 0.717) is 48.3 Å². The van der Waals surface area contributed by atoms with Crippen molar-refractivity contribution in [2.45, 2.75) is 31.9 Å². The first kappa shape index (κ1) is 21.1. The fraction of sp³-hybridized carbons (Fsp3) is 0.400. The first-order valence-corrected chi connectivity index (χ1v) is 10.2. The van der Waals surface area contributed by atoms with Gasteiger partial charge in [-0.15, -0.1) is 0 Å². The lowest BCUT2D eigenvalue weighted by molar-refractivity contribution is 0.0530. The Labute approximate surface area is 182 Å². The third-order valence-corrected chi connectivity index (χ3v) is 5.69. The molecule has 2 atom stereocenters. The number of nitrogens with zero attached hydrogens (tertiary/aromatic N) is 3. The number of halogens is 1. The maximum Gasteiger partial charge on any atom is 0.339 e. The first-order chi connectivity index (χ1) is 14.9. The summed E-state index contributed by atoms with van der Waals surface area (Å²) in [6.07, 6.45) is 0.888. The minimum Gasteiger partial charge on any atom is -0.478 e. The molecule has 4 rings (SSSR count). The van der Waals surface area contributed by atoms with Gasteiger partial charge in [-0.3, -0.25) is 4.79 Å². The van der Waals surface area contributed by atoms with Gasteiger partial charge in [0.15, 0.2) is 16.6 Å². The van der Waals surface area contributed by atoms with Crippen LogP contribution >= 0.6 is 11.6 Å². The topological polar surface area (TPSA) is 134 Å². The Morgan fingerprint density at radius 1 is 1.42 bits per heavy atom. The van der Waals surface area contributed by atoms with Gasteiger partial charge in [-0.25, -0.2) is 9.78 Å². The Balaban J connectivity index is 1.48. The lowest BCUT2D eigenvalue weighted by Crippen LogP contribution is -2.55. The number of carboxylic acids is 1. The van der Waals surface area contributed by atoms with Crippen LogP contribution in [0.1, 0.15) is 40.0 Å². The monoisotopic (exact) mass is 447 g/mol. The SMILES string of the molecule is CCc1[nH]c(C(=O)N[C@@H]2CCN(c3nc4cccc(C(=O)O)c4o3)CC2OC)nc1Cl. The van der Waals surface area contributed by atoms with Crippen molar-refractivity contribution in [2.75, 3.05) is 25.1 Å². The molecule has 1 fully saturated rings. The molecule has 0 radical (unpaired) electrons. The lowest BCUT2D eigenvalue weighted by atomic mass is 10.0. The Morgan fingerprint density at radius 3 is 2.90 bits per heavy atom. The standard InChI is InChI=1S/C20H22ClN5O5/c1-3-11-16(21)25-17(22-11)18(27)23-12-7-8-26(9-14(12)30-2)20-24-13-6-4-5-10(19(28)29)15(13)31-20/h4-6,12,14H,3,7-9H2,1-2H3,(H,22,25)(H,23,27)(H,28,29)/t12-,14?/m1/s1. The Hall–Kier alpha value is -3.11. The summed E-state index contributed by atoms with van der Waals surface area (Å²) in [6.45, 7) is 2.87. The van der Waals surface area contributed by atoms with Crippen LogP contribution in [0.15, 0.2) is 22.6 Å². The highest BCUT2D eigenvalue weighted by Crippen LogP contribution is 2.28. The van der Waals surface area contributed by atoms with Crippen molar-refractivity contribution in [3.05, 3.63) is 40.4 Å². The number of fused-ring (bicyclic) bond motifs is 1. The van der Waals surface area contributed by atoms with Crippen LogP contribution in [-0.2, 0) is 11.2 Å². The molecule has 0 bridgehead atoms. The molecule has 1 aromatic carbocycles. The van der Waals surface area contributed by atoms with Crippen molar-refractivity contribution in [1.82, 2.24) is 20.3 Å². The second-order valence-corrected chi connectivity index (χ2v) is 7.61. The average molecular weight is 448 g/mol. The molecule has 1 unspecified atom stereocenters. The van der Waals surface area contributed by atoms with Gasteiger partial charge in [-0.2, -0.15) is 4.98 Å². The molecule has 31 heavy (non-hydrogen) atoms. The van der Waals surface area contributed by atoms with Crippen molar-refractivity contribution in [3.8, 4) is 0 Å². The highest BCUT2D eigenvalue weighted by molar-refractivity contribution is 6.30. The van der Waals surface area contributed by atoms with Gasteiger partial charge in [0.05, 0.1) is 24.4 Å². The quantitative estimate of drug-likeness (QED) is 0.524. The fourth-order valence-electron chi connectivity index (χ4n) is 3.70. The summed E-state index contributed by atoms with van der Waals surface area (Å²) in [7, 11) is 1.57. The number of carboxylic acid groups (broad SMARTS) is 1. The Kier molecular flexibility index (Phi) is 5.84. The number of H-pyrrole nitrogens is 1. The summed E-state index contributed by atoms with van der Waals surface area (Å²) in [4.78, 5) is 37.4. The number of carbonyl (C=O) groups excluding carboxylic acids is 1. The molecule has 10 nitrogen and oxygen atoms in total. The molecule has 1 aliphatic rings. The summed E-state index contributed by atoms with van der Waals surface area (Å²) in [6, 6.07) is 4.88. The van der Waals surface area contributed by atoms with E-state index in [1.54, 1.807) is 19.2 Å². The van der Waals surface area contributed by atoms with E-state index in [4.69, 9.17) is 20.8 Å². The van der Waals surface area contributed by atoms with E-state index in [9.17, 15) is 14.7 Å². The third kappa shape index (κ3) is 4.08. The third-order valence-electron chi connectivity index (χ3n) is 5.38. The van der Waals surface area contributed by atoms with Crippen molar-refractivity contribution >= 4 is 40.6 Å². The number of benzene rings is 1. The van der Waals surface area contributed by atoms with Crippen molar-refractivity contribution in [1.29, 1.82) is 0 Å². The van der Waals surface area contributed by atoms with Crippen molar-refractivity contribution in [2.24, 2.45) is 0 Å². The number of oxazole rings is 1. The van der Waals surface area contributed by atoms with Crippen LogP contribution in [0, 0.1) is 0 Å². The fourth-order valence-corrected chi connectivity index (χ4v) is 3.97. The molecule has 164 valence electrons. The molecule has 2 aromatic heterocycles. The first-order valence-electron chi connectivity index (χ1n) is 9.87. The number of ether oxygens (including phenoxy) is 1. The van der Waals surface area contributed by atoms with E-state index < -0.39 is 5.97 Å². The molecule has 1 saturated heterocycles. The minimum absolute atomic E-state index is 0.0604. The average Bonchev–Trinajstić information content (AvgIpc) is 3.36. The van der Waals surface area contributed by atoms with E-state index in [0.717, 1.165) is 0 Å². The molecule has 0 saturated carbocycles. The van der Waals surface area contributed by atoms with E-state index >= 15 is 0 Å². The van der Waals surface area contributed by atoms with Crippen LogP contribution < -0.4 is 10.2 Å². The van der Waals surface area contributed by atoms with Gasteiger partial charge < -0.3 is 29.5 Å². The number of aryl methyl sites for hydroxylation is 1. The number of anilines is 1. The zero-order chi connectivity index (χ0) is 22.1. The minimum atomic E-state index is -1.08. The van der Waals surface area contributed by atoms with Crippen molar-refractivity contribution in [3.63, 3.8) is 0 Å². The normalized spacial score (nSPS) is 19.0. The predicted molar refractivity (Wildman–Crippen MR) is 113 cm³/mol. The summed E-state index contributed by atoms with van der Waals surface area (Å²) in [5, 5.41) is 12.6. The summed E-state index contributed by atoms with van der Waals surface area (Å²) >= 11 is 6.03. The number of imidazole rings is 1. The number of piperidine rings is 1. The highest BCUT2D eigenvalue weighted by atomic mass is 35.5. The predicted octanol–water partition coefficient (Wildman–Crippen LogP) is 2.49. The molecule has 1 amide bonds. The second-order valence-electron chi connectivity index (χ2n) is 7.25. The van der Waals surface area contributed by atoms with Crippen molar-refractivity contribution < 1.29 is 23.8 Å². The van der Waals surface area contributed by atoms with E-state index in [-0.39, 0.29) is 35.0 Å². The van der Waals surface area contributed by atoms with Gasteiger partial charge in [0.25, 0.3) is 11.9 Å². The van der Waals surface area contributed by atoms with E-state index in [1.165, 1.54) is 6.07 Å². The molecule has 11 heteroatoms. The summed E-state index contributed by atoms with van der Waals surface area (Å²) < 4.78 is 11.4. The number of hydrogen-bond donors (Lipinski definition) is 3. The number of hydrogen-bond acceptors (Lipinski definition) is 7. The Morgan fingerprint density at radius 2 is 2.23 bits per heavy atom. The molecule has 1 aliphatic heterocycles. The second kappa shape index (κ2) is 8.56. The number of aromatic amines is 1. The Bertz CT molecular complexity index is 1130. The highest BCUT2D eigenvalue weighted by Gasteiger charge is 2.33. The van der Waals surface area contributed by atoms with Crippen LogP contribution in [0.25, 0.3) is 11.1 Å². The van der Waals surface area contributed by atoms with Crippen LogP contribution in [0.4, 0.5) is 6.01 Å².